The zero-order valence-corrected chi connectivity index (χ0v) is 16.7. The summed E-state index contributed by atoms with van der Waals surface area (Å²) in [7, 11) is -5.83. The molecule has 0 atom stereocenters. The third-order valence-corrected chi connectivity index (χ3v) is 7.82. The fraction of sp³-hybridized carbons (Fsp3) is 0.375. The van der Waals surface area contributed by atoms with Gasteiger partial charge < -0.3 is 4.18 Å². The van der Waals surface area contributed by atoms with Crippen LogP contribution in [0.4, 0.5) is 5.69 Å². The topological polar surface area (TPSA) is 80.8 Å². The molecule has 9 heteroatoms. The highest BCUT2D eigenvalue weighted by Gasteiger charge is 2.22. The molecule has 0 aliphatic rings. The van der Waals surface area contributed by atoms with Gasteiger partial charge in [-0.25, -0.2) is 8.42 Å². The van der Waals surface area contributed by atoms with Crippen molar-refractivity contribution in [1.82, 2.24) is 0 Å². The summed E-state index contributed by atoms with van der Waals surface area (Å²) in [6, 6.07) is 9.13. The molecule has 0 fully saturated rings. The van der Waals surface area contributed by atoms with Gasteiger partial charge in [-0.2, -0.15) is 8.42 Å². The third kappa shape index (κ3) is 5.20. The van der Waals surface area contributed by atoms with E-state index >= 15 is 0 Å². The van der Waals surface area contributed by atoms with Gasteiger partial charge in [0.05, 0.1) is 11.4 Å². The molecule has 0 aliphatic heterocycles. The summed E-state index contributed by atoms with van der Waals surface area (Å²) in [4.78, 5) is 0. The molecule has 0 amide bonds. The molecule has 0 N–H and O–H groups in total. The first-order chi connectivity index (χ1) is 11.6. The molecule has 0 saturated carbocycles. The predicted octanol–water partition coefficient (Wildman–Crippen LogP) is 3.33. The summed E-state index contributed by atoms with van der Waals surface area (Å²) >= 11 is 1.14. The summed E-state index contributed by atoms with van der Waals surface area (Å²) in [5.41, 5.74) is 0.417. The molecule has 1 aromatic heterocycles. The number of hydrogen-bond donors (Lipinski definition) is 0. The van der Waals surface area contributed by atoms with E-state index in [1.165, 1.54) is 37.4 Å². The molecule has 138 valence electrons. The average molecular weight is 404 g/mol. The Morgan fingerprint density at radius 2 is 1.72 bits per heavy atom. The lowest BCUT2D eigenvalue weighted by Crippen LogP contribution is -2.25. The number of rotatable bonds is 8. The van der Waals surface area contributed by atoms with Crippen LogP contribution in [0.5, 0.6) is 5.75 Å². The van der Waals surface area contributed by atoms with E-state index in [4.69, 9.17) is 4.18 Å². The SMILES string of the molecule is CC(C)CCS(=O)(=O)Oc1ccc(N(C)S(=O)(=O)c2cccs2)cc1. The van der Waals surface area contributed by atoms with E-state index in [9.17, 15) is 16.8 Å². The first kappa shape index (κ1) is 19.7. The van der Waals surface area contributed by atoms with Gasteiger partial charge in [-0.05, 0) is 48.1 Å². The number of nitrogens with zero attached hydrogens (tertiary/aromatic N) is 1. The lowest BCUT2D eigenvalue weighted by atomic mass is 10.2. The summed E-state index contributed by atoms with van der Waals surface area (Å²) < 4.78 is 55.2. The van der Waals surface area contributed by atoms with E-state index in [1.807, 2.05) is 13.8 Å². The van der Waals surface area contributed by atoms with Crippen molar-refractivity contribution in [2.45, 2.75) is 24.5 Å². The Balaban J connectivity index is 2.12. The normalized spacial score (nSPS) is 12.3. The van der Waals surface area contributed by atoms with Crippen molar-refractivity contribution in [3.05, 3.63) is 41.8 Å². The molecule has 0 saturated heterocycles. The van der Waals surface area contributed by atoms with Crippen LogP contribution in [0.25, 0.3) is 0 Å². The highest BCUT2D eigenvalue weighted by molar-refractivity contribution is 7.94. The van der Waals surface area contributed by atoms with Gasteiger partial charge in [-0.15, -0.1) is 11.3 Å². The average Bonchev–Trinajstić information content (AvgIpc) is 3.08. The fourth-order valence-corrected chi connectivity index (χ4v) is 5.57. The van der Waals surface area contributed by atoms with Crippen LogP contribution >= 0.6 is 11.3 Å². The van der Waals surface area contributed by atoms with Gasteiger partial charge in [0.1, 0.15) is 9.96 Å². The van der Waals surface area contributed by atoms with Crippen LogP contribution in [0.15, 0.2) is 46.0 Å². The largest absolute Gasteiger partial charge is 0.382 e. The number of sulfonamides is 1. The maximum Gasteiger partial charge on any atom is 0.309 e. The molecular formula is C16H21NO5S3. The Morgan fingerprint density at radius 3 is 2.24 bits per heavy atom. The molecule has 1 aromatic carbocycles. The van der Waals surface area contributed by atoms with Crippen LogP contribution in [0.1, 0.15) is 20.3 Å². The Morgan fingerprint density at radius 1 is 1.08 bits per heavy atom. The van der Waals surface area contributed by atoms with Crippen LogP contribution < -0.4 is 8.49 Å². The van der Waals surface area contributed by atoms with Crippen molar-refractivity contribution in [2.75, 3.05) is 17.1 Å². The molecule has 1 heterocycles. The Kier molecular flexibility index (Phi) is 6.12. The van der Waals surface area contributed by atoms with E-state index < -0.39 is 20.1 Å². The van der Waals surface area contributed by atoms with Gasteiger partial charge in [-0.3, -0.25) is 4.31 Å². The van der Waals surface area contributed by atoms with Crippen LogP contribution in [-0.2, 0) is 20.1 Å². The summed E-state index contributed by atoms with van der Waals surface area (Å²) in [5.74, 6) is 0.366. The van der Waals surface area contributed by atoms with Gasteiger partial charge in [-0.1, -0.05) is 19.9 Å². The third-order valence-electron chi connectivity index (χ3n) is 3.48. The van der Waals surface area contributed by atoms with E-state index in [0.29, 0.717) is 12.1 Å². The van der Waals surface area contributed by atoms with Gasteiger partial charge in [0.2, 0.25) is 0 Å². The van der Waals surface area contributed by atoms with E-state index in [-0.39, 0.29) is 21.6 Å². The maximum absolute atomic E-state index is 12.5. The van der Waals surface area contributed by atoms with E-state index in [1.54, 1.807) is 11.4 Å². The lowest BCUT2D eigenvalue weighted by molar-refractivity contribution is 0.477. The van der Waals surface area contributed by atoms with Gasteiger partial charge >= 0.3 is 10.1 Å². The Hall–Kier alpha value is -1.58. The van der Waals surface area contributed by atoms with Crippen molar-refractivity contribution >= 4 is 37.2 Å². The highest BCUT2D eigenvalue weighted by atomic mass is 32.2. The smallest absolute Gasteiger partial charge is 0.309 e. The predicted molar refractivity (Wildman–Crippen MR) is 100 cm³/mol. The second kappa shape index (κ2) is 7.76. The number of hydrogen-bond acceptors (Lipinski definition) is 6. The number of thiophene rings is 1. The van der Waals surface area contributed by atoms with E-state index in [2.05, 4.69) is 0 Å². The Labute approximate surface area is 153 Å². The van der Waals surface area contributed by atoms with Crippen molar-refractivity contribution < 1.29 is 21.0 Å². The monoisotopic (exact) mass is 403 g/mol. The first-order valence-corrected chi connectivity index (χ1v) is 11.6. The highest BCUT2D eigenvalue weighted by Crippen LogP contribution is 2.27. The molecule has 0 radical (unpaired) electrons. The second-order valence-corrected chi connectivity index (χ2v) is 10.8. The zero-order chi connectivity index (χ0) is 18.7. The molecular weight excluding hydrogens is 382 g/mol. The first-order valence-electron chi connectivity index (χ1n) is 7.66. The minimum atomic E-state index is -3.66. The second-order valence-electron chi connectivity index (χ2n) is 5.93. The van der Waals surface area contributed by atoms with Gasteiger partial charge in [0.15, 0.2) is 0 Å². The molecule has 2 rings (SSSR count). The lowest BCUT2D eigenvalue weighted by Gasteiger charge is -2.18. The van der Waals surface area contributed by atoms with Crippen LogP contribution in [-0.4, -0.2) is 29.6 Å². The molecule has 0 spiro atoms. The molecule has 0 aliphatic carbocycles. The summed E-state index contributed by atoms with van der Waals surface area (Å²) in [6.07, 6.45) is 0.516. The molecule has 25 heavy (non-hydrogen) atoms. The maximum atomic E-state index is 12.5. The van der Waals surface area contributed by atoms with Crippen molar-refractivity contribution in [2.24, 2.45) is 5.92 Å². The number of anilines is 1. The van der Waals surface area contributed by atoms with Crippen LogP contribution in [0.3, 0.4) is 0 Å². The standard InChI is InChI=1S/C16H21NO5S3/c1-13(2)10-12-24(18,19)22-15-8-6-14(7-9-15)17(3)25(20,21)16-5-4-11-23-16/h4-9,11,13H,10,12H2,1-3H3. The van der Waals surface area contributed by atoms with E-state index in [0.717, 1.165) is 15.6 Å². The molecule has 2 aromatic rings. The molecule has 6 nitrogen and oxygen atoms in total. The molecule has 0 bridgehead atoms. The van der Waals surface area contributed by atoms with Crippen molar-refractivity contribution in [3.8, 4) is 5.75 Å². The van der Waals surface area contributed by atoms with Gasteiger partial charge in [0.25, 0.3) is 10.0 Å². The quantitative estimate of drug-likeness (QED) is 0.632. The number of benzene rings is 1. The zero-order valence-electron chi connectivity index (χ0n) is 14.2. The van der Waals surface area contributed by atoms with Crippen LogP contribution in [0.2, 0.25) is 0 Å². The molecule has 0 unspecified atom stereocenters. The Bertz CT molecular complexity index is 886. The minimum absolute atomic E-state index is 0.0565. The van der Waals surface area contributed by atoms with Gasteiger partial charge in [0, 0.05) is 7.05 Å². The van der Waals surface area contributed by atoms with Crippen molar-refractivity contribution in [1.29, 1.82) is 0 Å². The summed E-state index contributed by atoms with van der Waals surface area (Å²) in [6.45, 7) is 3.88. The van der Waals surface area contributed by atoms with Crippen molar-refractivity contribution in [3.63, 3.8) is 0 Å². The fourth-order valence-electron chi connectivity index (χ4n) is 1.96. The summed E-state index contributed by atoms with van der Waals surface area (Å²) in [5, 5.41) is 1.69. The minimum Gasteiger partial charge on any atom is -0.382 e. The van der Waals surface area contributed by atoms with Crippen LogP contribution in [0, 0.1) is 5.92 Å².